The molecule has 1 N–H and O–H groups in total. The molecule has 96 valence electrons. The number of alkyl halides is 1. The van der Waals surface area contributed by atoms with E-state index in [-0.39, 0.29) is 0 Å². The van der Waals surface area contributed by atoms with Crippen molar-refractivity contribution in [2.24, 2.45) is 0 Å². The number of likely N-dealkylation sites (tertiary alicyclic amines) is 1. The summed E-state index contributed by atoms with van der Waals surface area (Å²) in [5.74, 6) is 0.619. The van der Waals surface area contributed by atoms with Crippen molar-refractivity contribution >= 4 is 11.6 Å². The molecule has 1 rings (SSSR count). The van der Waals surface area contributed by atoms with Crippen molar-refractivity contribution in [3.05, 3.63) is 0 Å². The van der Waals surface area contributed by atoms with Crippen molar-refractivity contribution in [1.82, 2.24) is 10.2 Å². The van der Waals surface area contributed by atoms with Crippen LogP contribution in [0.2, 0.25) is 0 Å². The highest BCUT2D eigenvalue weighted by atomic mass is 35.5. The van der Waals surface area contributed by atoms with Crippen LogP contribution in [0.3, 0.4) is 0 Å². The first kappa shape index (κ1) is 14.2. The summed E-state index contributed by atoms with van der Waals surface area (Å²) >= 11 is 5.84. The summed E-state index contributed by atoms with van der Waals surface area (Å²) in [6.07, 6.45) is 5.29. The lowest BCUT2D eigenvalue weighted by molar-refractivity contribution is 0.159. The van der Waals surface area contributed by atoms with Gasteiger partial charge >= 0.3 is 0 Å². The normalized spacial score (nSPS) is 24.6. The van der Waals surface area contributed by atoms with Crippen molar-refractivity contribution in [2.45, 2.75) is 37.8 Å². The molecule has 1 saturated heterocycles. The maximum absolute atomic E-state index is 5.84. The zero-order chi connectivity index (χ0) is 11.8. The molecule has 0 aromatic rings. The molecule has 1 aliphatic heterocycles. The molecule has 0 aliphatic carbocycles. The van der Waals surface area contributed by atoms with Gasteiger partial charge in [0, 0.05) is 25.1 Å². The van der Waals surface area contributed by atoms with Gasteiger partial charge in [0.05, 0.1) is 6.61 Å². The smallest absolute Gasteiger partial charge is 0.0627 e. The van der Waals surface area contributed by atoms with Gasteiger partial charge in [-0.25, -0.2) is 0 Å². The molecule has 0 radical (unpaired) electrons. The average Bonchev–Trinajstić information content (AvgIpc) is 2.30. The Kier molecular flexibility index (Phi) is 7.37. The predicted octanol–water partition coefficient (Wildman–Crippen LogP) is 1.70. The lowest BCUT2D eigenvalue weighted by Crippen LogP contribution is -2.41. The maximum Gasteiger partial charge on any atom is 0.0627 e. The van der Waals surface area contributed by atoms with E-state index in [4.69, 9.17) is 16.3 Å². The van der Waals surface area contributed by atoms with Crippen LogP contribution in [0.15, 0.2) is 0 Å². The van der Waals surface area contributed by atoms with E-state index in [0.717, 1.165) is 12.6 Å². The quantitative estimate of drug-likeness (QED) is 0.695. The zero-order valence-corrected chi connectivity index (χ0v) is 11.3. The number of hydrogen-bond donors (Lipinski definition) is 1. The van der Waals surface area contributed by atoms with E-state index in [2.05, 4.69) is 17.3 Å². The van der Waals surface area contributed by atoms with Gasteiger partial charge in [0.2, 0.25) is 0 Å². The number of nitrogens with zero attached hydrogens (tertiary/aromatic N) is 1. The maximum atomic E-state index is 5.84. The second-order valence-electron chi connectivity index (χ2n) is 4.68. The Morgan fingerprint density at radius 1 is 1.50 bits per heavy atom. The highest BCUT2D eigenvalue weighted by molar-refractivity contribution is 6.18. The lowest BCUT2D eigenvalue weighted by atomic mass is 10.00. The summed E-state index contributed by atoms with van der Waals surface area (Å²) < 4.78 is 5.10. The molecule has 1 heterocycles. The number of methoxy groups -OCH3 is 1. The molecule has 2 unspecified atom stereocenters. The molecule has 16 heavy (non-hydrogen) atoms. The van der Waals surface area contributed by atoms with Crippen molar-refractivity contribution in [3.8, 4) is 0 Å². The van der Waals surface area contributed by atoms with Gasteiger partial charge in [-0.1, -0.05) is 6.42 Å². The van der Waals surface area contributed by atoms with Crippen LogP contribution >= 0.6 is 11.6 Å². The first-order valence-electron chi connectivity index (χ1n) is 6.26. The van der Waals surface area contributed by atoms with Gasteiger partial charge in [0.25, 0.3) is 0 Å². The third kappa shape index (κ3) is 5.00. The molecule has 0 aromatic heterocycles. The second-order valence-corrected chi connectivity index (χ2v) is 4.99. The fourth-order valence-electron chi connectivity index (χ4n) is 2.32. The van der Waals surface area contributed by atoms with E-state index in [1.807, 2.05) is 0 Å². The third-order valence-electron chi connectivity index (χ3n) is 3.39. The van der Waals surface area contributed by atoms with E-state index in [0.29, 0.717) is 18.5 Å². The molecule has 0 bridgehead atoms. The Labute approximate surface area is 104 Å². The van der Waals surface area contributed by atoms with Crippen LogP contribution in [0.4, 0.5) is 0 Å². The summed E-state index contributed by atoms with van der Waals surface area (Å²) in [4.78, 5) is 2.48. The lowest BCUT2D eigenvalue weighted by Gasteiger charge is -2.32. The Morgan fingerprint density at radius 2 is 2.31 bits per heavy atom. The fraction of sp³-hybridized carbons (Fsp3) is 1.00. The van der Waals surface area contributed by atoms with Crippen LogP contribution in [-0.2, 0) is 4.74 Å². The number of halogens is 1. The van der Waals surface area contributed by atoms with E-state index < -0.39 is 0 Å². The highest BCUT2D eigenvalue weighted by Gasteiger charge is 2.18. The van der Waals surface area contributed by atoms with E-state index >= 15 is 0 Å². The molecular weight excluding hydrogens is 224 g/mol. The number of rotatable bonds is 7. The van der Waals surface area contributed by atoms with E-state index in [1.54, 1.807) is 7.11 Å². The van der Waals surface area contributed by atoms with Gasteiger partial charge in [-0.3, -0.25) is 0 Å². The van der Waals surface area contributed by atoms with Crippen molar-refractivity contribution in [2.75, 3.05) is 39.7 Å². The van der Waals surface area contributed by atoms with E-state index in [1.165, 1.54) is 32.2 Å². The van der Waals surface area contributed by atoms with Crippen molar-refractivity contribution in [1.29, 1.82) is 0 Å². The Bertz CT molecular complexity index is 180. The molecule has 0 amide bonds. The average molecular weight is 249 g/mol. The third-order valence-corrected chi connectivity index (χ3v) is 3.76. The monoisotopic (exact) mass is 248 g/mol. The number of hydrogen-bond acceptors (Lipinski definition) is 3. The zero-order valence-electron chi connectivity index (χ0n) is 10.5. The molecule has 2 atom stereocenters. The SMILES string of the molecule is COCC(CCl)NCCC1CCCCN1C. The standard InChI is InChI=1S/C12H25ClN2O/c1-15-8-4-3-5-12(15)6-7-14-11(9-13)10-16-2/h11-12,14H,3-10H2,1-2H3. The first-order valence-corrected chi connectivity index (χ1v) is 6.80. The topological polar surface area (TPSA) is 24.5 Å². The van der Waals surface area contributed by atoms with Crippen LogP contribution in [0.5, 0.6) is 0 Å². The minimum Gasteiger partial charge on any atom is -0.383 e. The van der Waals surface area contributed by atoms with Gasteiger partial charge in [-0.05, 0) is 39.4 Å². The van der Waals surface area contributed by atoms with Gasteiger partial charge < -0.3 is 15.0 Å². The van der Waals surface area contributed by atoms with E-state index in [9.17, 15) is 0 Å². The number of piperidine rings is 1. The molecule has 1 aliphatic rings. The van der Waals surface area contributed by atoms with Gasteiger partial charge in [-0.2, -0.15) is 0 Å². The first-order chi connectivity index (χ1) is 7.77. The highest BCUT2D eigenvalue weighted by Crippen LogP contribution is 2.17. The largest absolute Gasteiger partial charge is 0.383 e. The van der Waals surface area contributed by atoms with Crippen LogP contribution in [0.1, 0.15) is 25.7 Å². The van der Waals surface area contributed by atoms with Gasteiger partial charge in [-0.15, -0.1) is 11.6 Å². The molecule has 1 fully saturated rings. The Balaban J connectivity index is 2.13. The van der Waals surface area contributed by atoms with Gasteiger partial charge in [0.1, 0.15) is 0 Å². The number of ether oxygens (including phenoxy) is 1. The second kappa shape index (κ2) is 8.29. The predicted molar refractivity (Wildman–Crippen MR) is 69.3 cm³/mol. The molecule has 0 saturated carbocycles. The fourth-order valence-corrected chi connectivity index (χ4v) is 2.52. The van der Waals surface area contributed by atoms with Crippen LogP contribution in [0.25, 0.3) is 0 Å². The minimum absolute atomic E-state index is 0.292. The Hall–Kier alpha value is 0.170. The van der Waals surface area contributed by atoms with Crippen LogP contribution in [-0.4, -0.2) is 56.7 Å². The van der Waals surface area contributed by atoms with Crippen LogP contribution < -0.4 is 5.32 Å². The van der Waals surface area contributed by atoms with Crippen molar-refractivity contribution in [3.63, 3.8) is 0 Å². The molecule has 3 nitrogen and oxygen atoms in total. The summed E-state index contributed by atoms with van der Waals surface area (Å²) in [6, 6.07) is 1.04. The summed E-state index contributed by atoms with van der Waals surface area (Å²) in [5.41, 5.74) is 0. The summed E-state index contributed by atoms with van der Waals surface area (Å²) in [6.45, 7) is 2.99. The van der Waals surface area contributed by atoms with Gasteiger partial charge in [0.15, 0.2) is 0 Å². The van der Waals surface area contributed by atoms with Crippen molar-refractivity contribution < 1.29 is 4.74 Å². The minimum atomic E-state index is 0.292. The molecule has 0 spiro atoms. The molecule has 4 heteroatoms. The molecule has 0 aromatic carbocycles. The Morgan fingerprint density at radius 3 is 2.94 bits per heavy atom. The molecular formula is C12H25ClN2O. The number of nitrogens with one attached hydrogen (secondary N) is 1. The van der Waals surface area contributed by atoms with Crippen LogP contribution in [0, 0.1) is 0 Å². The summed E-state index contributed by atoms with van der Waals surface area (Å²) in [5, 5.41) is 3.45. The summed E-state index contributed by atoms with van der Waals surface area (Å²) in [7, 11) is 3.95.